The molecule has 0 bridgehead atoms. The lowest BCUT2D eigenvalue weighted by atomic mass is 10.0. The maximum atomic E-state index is 13.7. The first-order valence-corrected chi connectivity index (χ1v) is 7.54. The summed E-state index contributed by atoms with van der Waals surface area (Å²) in [6.45, 7) is 0.519. The van der Waals surface area contributed by atoms with E-state index in [0.29, 0.717) is 25.1 Å². The molecule has 0 radical (unpaired) electrons. The summed E-state index contributed by atoms with van der Waals surface area (Å²) in [6.07, 6.45) is 4.29. The normalized spacial score (nSPS) is 17.7. The van der Waals surface area contributed by atoms with Crippen molar-refractivity contribution >= 4 is 17.5 Å². The summed E-state index contributed by atoms with van der Waals surface area (Å²) in [7, 11) is 0. The Bertz CT molecular complexity index is 768. The topological polar surface area (TPSA) is 62.3 Å². The molecule has 7 heteroatoms. The highest BCUT2D eigenvalue weighted by Gasteiger charge is 2.31. The number of rotatable bonds is 3. The lowest BCUT2D eigenvalue weighted by Crippen LogP contribution is -2.52. The molecule has 1 fully saturated rings. The van der Waals surface area contributed by atoms with Gasteiger partial charge in [0.1, 0.15) is 6.04 Å². The lowest BCUT2D eigenvalue weighted by molar-refractivity contribution is -0.121. The van der Waals surface area contributed by atoms with Crippen LogP contribution in [-0.2, 0) is 4.79 Å². The molecule has 3 rings (SSSR count). The molecule has 1 aromatic heterocycles. The van der Waals surface area contributed by atoms with Crippen molar-refractivity contribution in [3.63, 3.8) is 0 Å². The number of amides is 2. The molecule has 124 valence electrons. The Hall–Kier alpha value is -2.83. The molecule has 1 aliphatic heterocycles. The molecule has 24 heavy (non-hydrogen) atoms. The monoisotopic (exact) mass is 331 g/mol. The molecule has 5 nitrogen and oxygen atoms in total. The third-order valence-corrected chi connectivity index (χ3v) is 3.90. The van der Waals surface area contributed by atoms with Crippen molar-refractivity contribution in [2.24, 2.45) is 0 Å². The smallest absolute Gasteiger partial charge is 0.255 e. The number of pyridine rings is 1. The van der Waals surface area contributed by atoms with Gasteiger partial charge in [-0.25, -0.2) is 8.78 Å². The van der Waals surface area contributed by atoms with Gasteiger partial charge in [-0.15, -0.1) is 0 Å². The zero-order valence-electron chi connectivity index (χ0n) is 12.7. The van der Waals surface area contributed by atoms with Gasteiger partial charge in [0.2, 0.25) is 5.91 Å². The Kier molecular flexibility index (Phi) is 4.50. The van der Waals surface area contributed by atoms with Crippen molar-refractivity contribution in [2.75, 3.05) is 11.4 Å². The van der Waals surface area contributed by atoms with Crippen LogP contribution in [0.15, 0.2) is 42.7 Å². The van der Waals surface area contributed by atoms with Gasteiger partial charge in [-0.05, 0) is 37.1 Å². The standard InChI is InChI=1S/C17H15F2N3O2/c18-13-6-1-5-12(15(13)19)16(23)21-14-7-3-9-22(17(14)24)11-4-2-8-20-10-11/h1-2,4-6,8,10,14H,3,7,9H2,(H,21,23)/t14-/m1/s1. The van der Waals surface area contributed by atoms with E-state index in [1.165, 1.54) is 17.0 Å². The fraction of sp³-hybridized carbons (Fsp3) is 0.235. The van der Waals surface area contributed by atoms with Gasteiger partial charge in [-0.2, -0.15) is 0 Å². The van der Waals surface area contributed by atoms with Gasteiger partial charge in [-0.3, -0.25) is 14.6 Å². The van der Waals surface area contributed by atoms with Gasteiger partial charge in [0, 0.05) is 12.7 Å². The summed E-state index contributed by atoms with van der Waals surface area (Å²) >= 11 is 0. The number of piperidine rings is 1. The summed E-state index contributed by atoms with van der Waals surface area (Å²) in [5, 5.41) is 2.50. The maximum Gasteiger partial charge on any atom is 0.255 e. The highest BCUT2D eigenvalue weighted by atomic mass is 19.2. The van der Waals surface area contributed by atoms with Crippen LogP contribution >= 0.6 is 0 Å². The first-order chi connectivity index (χ1) is 11.6. The molecule has 0 aliphatic carbocycles. The third-order valence-electron chi connectivity index (χ3n) is 3.90. The van der Waals surface area contributed by atoms with E-state index in [0.717, 1.165) is 6.07 Å². The highest BCUT2D eigenvalue weighted by Crippen LogP contribution is 2.20. The molecular formula is C17H15F2N3O2. The van der Waals surface area contributed by atoms with E-state index in [1.54, 1.807) is 24.5 Å². The first kappa shape index (κ1) is 16.0. The van der Waals surface area contributed by atoms with Gasteiger partial charge in [-0.1, -0.05) is 6.07 Å². The van der Waals surface area contributed by atoms with E-state index in [-0.39, 0.29) is 5.91 Å². The Balaban J connectivity index is 1.76. The van der Waals surface area contributed by atoms with E-state index in [1.807, 2.05) is 0 Å². The average Bonchev–Trinajstić information content (AvgIpc) is 2.60. The fourth-order valence-corrected chi connectivity index (χ4v) is 2.69. The molecule has 2 aromatic rings. The molecular weight excluding hydrogens is 316 g/mol. The van der Waals surface area contributed by atoms with Crippen LogP contribution in [0.2, 0.25) is 0 Å². The van der Waals surface area contributed by atoms with Crippen LogP contribution in [-0.4, -0.2) is 29.4 Å². The number of carbonyl (C=O) groups excluding carboxylic acids is 2. The van der Waals surface area contributed by atoms with E-state index in [9.17, 15) is 18.4 Å². The minimum Gasteiger partial charge on any atom is -0.340 e. The molecule has 1 aliphatic rings. The van der Waals surface area contributed by atoms with Crippen molar-refractivity contribution in [1.82, 2.24) is 10.3 Å². The van der Waals surface area contributed by atoms with Crippen LogP contribution in [0.5, 0.6) is 0 Å². The zero-order chi connectivity index (χ0) is 17.1. The molecule has 1 saturated heterocycles. The second kappa shape index (κ2) is 6.74. The van der Waals surface area contributed by atoms with Crippen LogP contribution in [0.25, 0.3) is 0 Å². The van der Waals surface area contributed by atoms with Crippen molar-refractivity contribution in [2.45, 2.75) is 18.9 Å². The number of aromatic nitrogens is 1. The minimum atomic E-state index is -1.22. The summed E-state index contributed by atoms with van der Waals surface area (Å²) in [6, 6.07) is 6.04. The number of anilines is 1. The molecule has 0 saturated carbocycles. The summed E-state index contributed by atoms with van der Waals surface area (Å²) in [4.78, 5) is 30.2. The maximum absolute atomic E-state index is 13.7. The fourth-order valence-electron chi connectivity index (χ4n) is 2.69. The predicted octanol–water partition coefficient (Wildman–Crippen LogP) is 2.29. The Morgan fingerprint density at radius 2 is 2.08 bits per heavy atom. The molecule has 0 spiro atoms. The van der Waals surface area contributed by atoms with Crippen LogP contribution in [0, 0.1) is 11.6 Å². The number of carbonyl (C=O) groups is 2. The number of hydrogen-bond acceptors (Lipinski definition) is 3. The van der Waals surface area contributed by atoms with E-state index in [4.69, 9.17) is 0 Å². The van der Waals surface area contributed by atoms with Crippen LogP contribution in [0.3, 0.4) is 0 Å². The van der Waals surface area contributed by atoms with Crippen LogP contribution < -0.4 is 10.2 Å². The molecule has 2 amide bonds. The Morgan fingerprint density at radius 3 is 2.83 bits per heavy atom. The lowest BCUT2D eigenvalue weighted by Gasteiger charge is -2.32. The quantitative estimate of drug-likeness (QED) is 0.939. The van der Waals surface area contributed by atoms with Crippen molar-refractivity contribution in [3.05, 3.63) is 59.9 Å². The van der Waals surface area contributed by atoms with Gasteiger partial charge in [0.15, 0.2) is 11.6 Å². The molecule has 1 N–H and O–H groups in total. The Labute approximate surface area is 137 Å². The molecule has 1 aromatic carbocycles. The summed E-state index contributed by atoms with van der Waals surface area (Å²) in [5.41, 5.74) is 0.222. The van der Waals surface area contributed by atoms with Gasteiger partial charge >= 0.3 is 0 Å². The van der Waals surface area contributed by atoms with Gasteiger partial charge < -0.3 is 10.2 Å². The molecule has 0 unspecified atom stereocenters. The number of nitrogens with one attached hydrogen (secondary N) is 1. The van der Waals surface area contributed by atoms with Crippen molar-refractivity contribution < 1.29 is 18.4 Å². The summed E-state index contributed by atoms with van der Waals surface area (Å²) in [5.74, 6) is -3.42. The van der Waals surface area contributed by atoms with Crippen LogP contribution in [0.4, 0.5) is 14.5 Å². The van der Waals surface area contributed by atoms with Gasteiger partial charge in [0.05, 0.1) is 17.4 Å². The Morgan fingerprint density at radius 1 is 1.25 bits per heavy atom. The SMILES string of the molecule is O=C(N[C@@H]1CCCN(c2cccnc2)C1=O)c1cccc(F)c1F. The van der Waals surface area contributed by atoms with E-state index in [2.05, 4.69) is 10.3 Å². The minimum absolute atomic E-state index is 0.292. The number of hydrogen-bond donors (Lipinski definition) is 1. The molecule has 2 heterocycles. The van der Waals surface area contributed by atoms with Crippen molar-refractivity contribution in [1.29, 1.82) is 0 Å². The largest absolute Gasteiger partial charge is 0.340 e. The zero-order valence-corrected chi connectivity index (χ0v) is 12.7. The van der Waals surface area contributed by atoms with Crippen molar-refractivity contribution in [3.8, 4) is 0 Å². The predicted molar refractivity (Wildman–Crippen MR) is 83.4 cm³/mol. The van der Waals surface area contributed by atoms with Gasteiger partial charge in [0.25, 0.3) is 5.91 Å². The average molecular weight is 331 g/mol. The van der Waals surface area contributed by atoms with E-state index < -0.39 is 29.1 Å². The second-order valence-corrected chi connectivity index (χ2v) is 5.47. The van der Waals surface area contributed by atoms with Crippen LogP contribution in [0.1, 0.15) is 23.2 Å². The summed E-state index contributed by atoms with van der Waals surface area (Å²) < 4.78 is 26.9. The van der Waals surface area contributed by atoms with E-state index >= 15 is 0 Å². The number of benzene rings is 1. The number of halogens is 2. The highest BCUT2D eigenvalue weighted by molar-refractivity contribution is 6.02. The molecule has 1 atom stereocenters. The third kappa shape index (κ3) is 3.10. The first-order valence-electron chi connectivity index (χ1n) is 7.54. The number of nitrogens with zero attached hydrogens (tertiary/aromatic N) is 2. The second-order valence-electron chi connectivity index (χ2n) is 5.47.